The van der Waals surface area contributed by atoms with Crippen LogP contribution < -0.4 is 16.0 Å². The third kappa shape index (κ3) is 5.71. The lowest BCUT2D eigenvalue weighted by Gasteiger charge is -2.35. The van der Waals surface area contributed by atoms with E-state index in [1.165, 1.54) is 9.91 Å². The summed E-state index contributed by atoms with van der Waals surface area (Å²) < 4.78 is 41.3. The van der Waals surface area contributed by atoms with Crippen LogP contribution in [0, 0.1) is 5.92 Å². The van der Waals surface area contributed by atoms with E-state index >= 15 is 0 Å². The summed E-state index contributed by atoms with van der Waals surface area (Å²) >= 11 is 0. The minimum atomic E-state index is -4.62. The average Bonchev–Trinajstić information content (AvgIpc) is 3.35. The number of alkyl halides is 3. The van der Waals surface area contributed by atoms with Crippen LogP contribution in [0.2, 0.25) is 0 Å². The topological polar surface area (TPSA) is 90.2 Å². The predicted octanol–water partition coefficient (Wildman–Crippen LogP) is 5.85. The summed E-state index contributed by atoms with van der Waals surface area (Å²) in [7, 11) is 0. The van der Waals surface area contributed by atoms with Crippen LogP contribution in [0.5, 0.6) is 0 Å². The molecule has 0 unspecified atom stereocenters. The van der Waals surface area contributed by atoms with E-state index in [-0.39, 0.29) is 24.7 Å². The number of amidine groups is 1. The normalized spacial score (nSPS) is 14.1. The smallest absolute Gasteiger partial charge is 0.450 e. The number of anilines is 1. The minimum Gasteiger partial charge on any atom is -0.465 e. The lowest BCUT2D eigenvalue weighted by molar-refractivity contribution is -0.0611. The SMILES string of the molecule is CC(C)Cn1c(CN(C(=O)O)C(C)(C)C)c(-c2ccccc2)c2cc(N3CN=C(C(F)(F)F)N3)ccc2c1=O. The Morgan fingerprint density at radius 1 is 1.10 bits per heavy atom. The van der Waals surface area contributed by atoms with Crippen molar-refractivity contribution in [3.05, 3.63) is 64.6 Å². The Morgan fingerprint density at radius 3 is 2.31 bits per heavy atom. The highest BCUT2D eigenvalue weighted by Gasteiger charge is 2.40. The number of nitrogens with one attached hydrogen (secondary N) is 1. The number of carboxylic acid groups (broad SMARTS) is 1. The van der Waals surface area contributed by atoms with Crippen LogP contribution >= 0.6 is 0 Å². The molecular weight excluding hydrogens is 511 g/mol. The van der Waals surface area contributed by atoms with Crippen LogP contribution in [-0.2, 0) is 13.1 Å². The maximum atomic E-state index is 13.9. The molecule has 208 valence electrons. The third-order valence-corrected chi connectivity index (χ3v) is 6.51. The standard InChI is InChI=1S/C28H32F3N5O3/c1-17(2)14-34-22(15-35(26(38)39)27(3,4)5)23(18-9-7-6-8-10-18)21-13-19(11-12-20(21)24(34)37)36-16-32-25(33-36)28(29,30)31/h6-13,17H,14-16H2,1-5H3,(H,32,33)(H,38,39). The third-order valence-electron chi connectivity index (χ3n) is 6.51. The zero-order valence-corrected chi connectivity index (χ0v) is 22.5. The number of hydrogen-bond donors (Lipinski definition) is 2. The highest BCUT2D eigenvalue weighted by atomic mass is 19.4. The molecule has 1 aliphatic rings. The first-order chi connectivity index (χ1) is 18.2. The van der Waals surface area contributed by atoms with Gasteiger partial charge in [0.15, 0.2) is 0 Å². The highest BCUT2D eigenvalue weighted by Crippen LogP contribution is 2.35. The molecule has 2 heterocycles. The summed E-state index contributed by atoms with van der Waals surface area (Å²) in [5, 5.41) is 12.2. The number of nitrogens with zero attached hydrogens (tertiary/aromatic N) is 4. The Labute approximate surface area is 224 Å². The summed E-state index contributed by atoms with van der Waals surface area (Å²) in [6.07, 6.45) is -5.75. The van der Waals surface area contributed by atoms with Crippen molar-refractivity contribution >= 4 is 28.4 Å². The molecule has 0 bridgehead atoms. The van der Waals surface area contributed by atoms with E-state index in [0.717, 1.165) is 5.56 Å². The van der Waals surface area contributed by atoms with Crippen molar-refractivity contribution in [2.24, 2.45) is 10.9 Å². The second kappa shape index (κ2) is 10.3. The fourth-order valence-electron chi connectivity index (χ4n) is 4.68. The highest BCUT2D eigenvalue weighted by molar-refractivity contribution is 6.00. The Hall–Kier alpha value is -4.02. The van der Waals surface area contributed by atoms with Crippen molar-refractivity contribution in [1.29, 1.82) is 0 Å². The molecule has 2 N–H and O–H groups in total. The van der Waals surface area contributed by atoms with E-state index in [1.807, 2.05) is 44.2 Å². The number of hydrazine groups is 1. The zero-order valence-electron chi connectivity index (χ0n) is 22.5. The number of hydrogen-bond acceptors (Lipinski definition) is 5. The van der Waals surface area contributed by atoms with Gasteiger partial charge in [0.25, 0.3) is 5.56 Å². The number of aromatic nitrogens is 1. The molecule has 0 spiro atoms. The zero-order chi connectivity index (χ0) is 28.7. The van der Waals surface area contributed by atoms with E-state index in [0.29, 0.717) is 34.3 Å². The molecule has 0 saturated heterocycles. The fraction of sp³-hybridized carbons (Fsp3) is 0.393. The van der Waals surface area contributed by atoms with Gasteiger partial charge in [0.2, 0.25) is 5.84 Å². The van der Waals surface area contributed by atoms with E-state index in [1.54, 1.807) is 43.5 Å². The summed E-state index contributed by atoms with van der Waals surface area (Å²) in [5.74, 6) is -1.01. The van der Waals surface area contributed by atoms with Crippen molar-refractivity contribution in [2.75, 3.05) is 11.7 Å². The van der Waals surface area contributed by atoms with E-state index in [4.69, 9.17) is 0 Å². The maximum absolute atomic E-state index is 13.9. The van der Waals surface area contributed by atoms with Crippen LogP contribution in [0.4, 0.5) is 23.7 Å². The largest absolute Gasteiger partial charge is 0.465 e. The van der Waals surface area contributed by atoms with Gasteiger partial charge in [0.05, 0.1) is 12.2 Å². The Balaban J connectivity index is 2.01. The molecule has 0 radical (unpaired) electrons. The first-order valence-corrected chi connectivity index (χ1v) is 12.6. The summed E-state index contributed by atoms with van der Waals surface area (Å²) in [5.41, 5.74) is 3.56. The number of halogens is 3. The van der Waals surface area contributed by atoms with Gasteiger partial charge in [-0.15, -0.1) is 0 Å². The molecule has 4 rings (SSSR count). The second-order valence-corrected chi connectivity index (χ2v) is 11.0. The first-order valence-electron chi connectivity index (χ1n) is 12.6. The van der Waals surface area contributed by atoms with Crippen LogP contribution in [0.25, 0.3) is 21.9 Å². The molecule has 3 aromatic rings. The van der Waals surface area contributed by atoms with Crippen LogP contribution in [-0.4, -0.2) is 44.9 Å². The lowest BCUT2D eigenvalue weighted by Crippen LogP contribution is -2.45. The van der Waals surface area contributed by atoms with Crippen molar-refractivity contribution in [2.45, 2.75) is 59.4 Å². The molecule has 2 aromatic carbocycles. The average molecular weight is 544 g/mol. The molecule has 0 aliphatic carbocycles. The van der Waals surface area contributed by atoms with Gasteiger partial charge in [-0.05, 0) is 55.8 Å². The molecular formula is C28H32F3N5O3. The van der Waals surface area contributed by atoms with Gasteiger partial charge in [-0.25, -0.2) is 9.79 Å². The molecule has 11 heteroatoms. The molecule has 39 heavy (non-hydrogen) atoms. The number of rotatable bonds is 6. The van der Waals surface area contributed by atoms with Crippen molar-refractivity contribution < 1.29 is 23.1 Å². The first kappa shape index (κ1) is 28.0. The quantitative estimate of drug-likeness (QED) is 0.407. The number of pyridine rings is 1. The van der Waals surface area contributed by atoms with Gasteiger partial charge in [0.1, 0.15) is 6.67 Å². The van der Waals surface area contributed by atoms with Gasteiger partial charge in [-0.2, -0.15) is 13.2 Å². The van der Waals surface area contributed by atoms with Gasteiger partial charge >= 0.3 is 12.3 Å². The molecule has 1 aromatic heterocycles. The Bertz CT molecular complexity index is 1470. The van der Waals surface area contributed by atoms with E-state index in [9.17, 15) is 27.9 Å². The lowest BCUT2D eigenvalue weighted by atomic mass is 9.94. The molecule has 0 saturated carbocycles. The van der Waals surface area contributed by atoms with Crippen LogP contribution in [0.1, 0.15) is 40.3 Å². The van der Waals surface area contributed by atoms with Gasteiger partial charge in [0, 0.05) is 28.7 Å². The van der Waals surface area contributed by atoms with Crippen molar-refractivity contribution in [3.8, 4) is 11.1 Å². The Kier molecular flexibility index (Phi) is 7.38. The molecule has 8 nitrogen and oxygen atoms in total. The minimum absolute atomic E-state index is 0.0610. The van der Waals surface area contributed by atoms with Crippen LogP contribution in [0.15, 0.2) is 58.3 Å². The van der Waals surface area contributed by atoms with Gasteiger partial charge in [-0.1, -0.05) is 44.2 Å². The Morgan fingerprint density at radius 2 is 1.77 bits per heavy atom. The molecule has 0 fully saturated rings. The van der Waals surface area contributed by atoms with E-state index in [2.05, 4.69) is 10.4 Å². The number of aliphatic imine (C=N–C) groups is 1. The van der Waals surface area contributed by atoms with Crippen molar-refractivity contribution in [1.82, 2.24) is 14.9 Å². The van der Waals surface area contributed by atoms with Gasteiger partial charge < -0.3 is 9.67 Å². The molecule has 0 atom stereocenters. The maximum Gasteiger partial charge on any atom is 0.450 e. The van der Waals surface area contributed by atoms with Gasteiger partial charge in [-0.3, -0.25) is 20.1 Å². The number of benzene rings is 2. The summed E-state index contributed by atoms with van der Waals surface area (Å²) in [6, 6.07) is 14.1. The number of amides is 1. The molecule has 1 amide bonds. The fourth-order valence-corrected chi connectivity index (χ4v) is 4.68. The number of carbonyl (C=O) groups is 1. The summed E-state index contributed by atoms with van der Waals surface area (Å²) in [4.78, 5) is 31.1. The van der Waals surface area contributed by atoms with Crippen LogP contribution in [0.3, 0.4) is 0 Å². The van der Waals surface area contributed by atoms with E-state index < -0.39 is 23.6 Å². The number of fused-ring (bicyclic) bond motifs is 1. The molecule has 1 aliphatic heterocycles. The monoisotopic (exact) mass is 543 g/mol. The summed E-state index contributed by atoms with van der Waals surface area (Å²) in [6.45, 7) is 9.34. The second-order valence-electron chi connectivity index (χ2n) is 11.0. The van der Waals surface area contributed by atoms with Crippen molar-refractivity contribution in [3.63, 3.8) is 0 Å². The predicted molar refractivity (Wildman–Crippen MR) is 146 cm³/mol.